The Balaban J connectivity index is 1.84. The predicted octanol–water partition coefficient (Wildman–Crippen LogP) is 2.25. The van der Waals surface area contributed by atoms with Gasteiger partial charge in [0.25, 0.3) is 0 Å². The highest BCUT2D eigenvalue weighted by molar-refractivity contribution is 4.87. The number of piperazine rings is 1. The molecule has 0 aromatic heterocycles. The maximum absolute atomic E-state index is 3.53. The molecule has 1 atom stereocenters. The van der Waals surface area contributed by atoms with Gasteiger partial charge in [-0.3, -0.25) is 4.90 Å². The van der Waals surface area contributed by atoms with Crippen LogP contribution in [0.2, 0.25) is 0 Å². The fourth-order valence-corrected chi connectivity index (χ4v) is 3.04. The fraction of sp³-hybridized carbons (Fsp3) is 1.00. The average molecular weight is 210 g/mol. The van der Waals surface area contributed by atoms with E-state index in [4.69, 9.17) is 0 Å². The van der Waals surface area contributed by atoms with E-state index >= 15 is 0 Å². The summed E-state index contributed by atoms with van der Waals surface area (Å²) in [6.07, 6.45) is 5.66. The Kier molecular flexibility index (Phi) is 3.36. The predicted molar refractivity (Wildman–Crippen MR) is 65.1 cm³/mol. The van der Waals surface area contributed by atoms with E-state index in [9.17, 15) is 0 Å². The molecule has 88 valence electrons. The minimum absolute atomic E-state index is 0.607. The highest BCUT2D eigenvalue weighted by Gasteiger charge is 2.31. The van der Waals surface area contributed by atoms with Crippen LogP contribution in [0, 0.1) is 5.41 Å². The zero-order chi connectivity index (χ0) is 10.9. The third-order valence-electron chi connectivity index (χ3n) is 4.23. The second-order valence-corrected chi connectivity index (χ2v) is 6.25. The molecular weight excluding hydrogens is 184 g/mol. The van der Waals surface area contributed by atoms with Gasteiger partial charge in [0.05, 0.1) is 0 Å². The maximum atomic E-state index is 3.53. The highest BCUT2D eigenvalue weighted by Crippen LogP contribution is 2.36. The van der Waals surface area contributed by atoms with Crippen molar-refractivity contribution in [1.82, 2.24) is 10.2 Å². The Morgan fingerprint density at radius 3 is 2.47 bits per heavy atom. The summed E-state index contributed by atoms with van der Waals surface area (Å²) in [5, 5.41) is 3.53. The van der Waals surface area contributed by atoms with Crippen LogP contribution in [-0.4, -0.2) is 36.6 Å². The largest absolute Gasteiger partial charge is 0.312 e. The number of nitrogens with one attached hydrogen (secondary N) is 1. The van der Waals surface area contributed by atoms with Crippen molar-refractivity contribution >= 4 is 0 Å². The molecule has 1 N–H and O–H groups in total. The molecule has 1 saturated heterocycles. The van der Waals surface area contributed by atoms with Crippen molar-refractivity contribution < 1.29 is 0 Å². The van der Waals surface area contributed by atoms with E-state index in [1.807, 2.05) is 0 Å². The quantitative estimate of drug-likeness (QED) is 0.714. The van der Waals surface area contributed by atoms with Crippen LogP contribution in [0.1, 0.15) is 46.5 Å². The lowest BCUT2D eigenvalue weighted by Crippen LogP contribution is -2.53. The SMILES string of the molecule is CC1CN(C2CCC(C)(C)CC2)CCN1. The zero-order valence-electron chi connectivity index (χ0n) is 10.6. The number of hydrogen-bond donors (Lipinski definition) is 1. The summed E-state index contributed by atoms with van der Waals surface area (Å²) in [5.41, 5.74) is 0.607. The second kappa shape index (κ2) is 4.42. The van der Waals surface area contributed by atoms with Crippen LogP contribution >= 0.6 is 0 Å². The molecule has 1 unspecified atom stereocenters. The molecule has 0 aromatic rings. The van der Waals surface area contributed by atoms with Crippen molar-refractivity contribution in [2.75, 3.05) is 19.6 Å². The number of rotatable bonds is 1. The van der Waals surface area contributed by atoms with Gasteiger partial charge in [-0.2, -0.15) is 0 Å². The average Bonchev–Trinajstić information content (AvgIpc) is 2.17. The van der Waals surface area contributed by atoms with Crippen molar-refractivity contribution in [1.29, 1.82) is 0 Å². The molecule has 2 rings (SSSR count). The van der Waals surface area contributed by atoms with Crippen molar-refractivity contribution in [2.45, 2.75) is 58.5 Å². The van der Waals surface area contributed by atoms with Gasteiger partial charge >= 0.3 is 0 Å². The Labute approximate surface area is 94.4 Å². The first-order valence-electron chi connectivity index (χ1n) is 6.54. The third-order valence-corrected chi connectivity index (χ3v) is 4.23. The number of nitrogens with zero attached hydrogens (tertiary/aromatic N) is 1. The molecule has 1 heterocycles. The lowest BCUT2D eigenvalue weighted by atomic mass is 9.75. The van der Waals surface area contributed by atoms with E-state index in [-0.39, 0.29) is 0 Å². The maximum Gasteiger partial charge on any atom is 0.0167 e. The first-order valence-corrected chi connectivity index (χ1v) is 6.54. The van der Waals surface area contributed by atoms with Crippen LogP contribution < -0.4 is 5.32 Å². The molecule has 2 aliphatic rings. The summed E-state index contributed by atoms with van der Waals surface area (Å²) in [4.78, 5) is 2.72. The highest BCUT2D eigenvalue weighted by atomic mass is 15.2. The monoisotopic (exact) mass is 210 g/mol. The molecule has 0 amide bonds. The molecule has 0 bridgehead atoms. The van der Waals surface area contributed by atoms with Gasteiger partial charge in [0.1, 0.15) is 0 Å². The topological polar surface area (TPSA) is 15.3 Å². The molecule has 2 nitrogen and oxygen atoms in total. The van der Waals surface area contributed by atoms with Gasteiger partial charge in [0.15, 0.2) is 0 Å². The van der Waals surface area contributed by atoms with Gasteiger partial charge in [-0.25, -0.2) is 0 Å². The van der Waals surface area contributed by atoms with E-state index in [1.165, 1.54) is 45.3 Å². The summed E-state index contributed by atoms with van der Waals surface area (Å²) in [6, 6.07) is 1.57. The van der Waals surface area contributed by atoms with E-state index in [0.717, 1.165) is 6.04 Å². The first kappa shape index (κ1) is 11.4. The van der Waals surface area contributed by atoms with Crippen LogP contribution in [0.5, 0.6) is 0 Å². The summed E-state index contributed by atoms with van der Waals surface area (Å²) >= 11 is 0. The summed E-state index contributed by atoms with van der Waals surface area (Å²) in [5.74, 6) is 0. The Morgan fingerprint density at radius 1 is 1.20 bits per heavy atom. The second-order valence-electron chi connectivity index (χ2n) is 6.25. The van der Waals surface area contributed by atoms with E-state index < -0.39 is 0 Å². The minimum Gasteiger partial charge on any atom is -0.312 e. The van der Waals surface area contributed by atoms with Crippen LogP contribution in [0.25, 0.3) is 0 Å². The molecule has 0 aromatic carbocycles. The Bertz CT molecular complexity index is 203. The molecule has 1 saturated carbocycles. The van der Waals surface area contributed by atoms with Gasteiger partial charge < -0.3 is 5.32 Å². The molecule has 1 aliphatic carbocycles. The summed E-state index contributed by atoms with van der Waals surface area (Å²) in [6.45, 7) is 10.8. The number of hydrogen-bond acceptors (Lipinski definition) is 2. The van der Waals surface area contributed by atoms with E-state index in [1.54, 1.807) is 0 Å². The summed E-state index contributed by atoms with van der Waals surface area (Å²) in [7, 11) is 0. The Hall–Kier alpha value is -0.0800. The van der Waals surface area contributed by atoms with E-state index in [0.29, 0.717) is 11.5 Å². The normalized spacial score (nSPS) is 34.2. The lowest BCUT2D eigenvalue weighted by Gasteiger charge is -2.43. The minimum atomic E-state index is 0.607. The summed E-state index contributed by atoms with van der Waals surface area (Å²) < 4.78 is 0. The van der Waals surface area contributed by atoms with Crippen LogP contribution in [0.3, 0.4) is 0 Å². The van der Waals surface area contributed by atoms with Gasteiger partial charge in [-0.15, -0.1) is 0 Å². The zero-order valence-corrected chi connectivity index (χ0v) is 10.6. The molecule has 2 heteroatoms. The fourth-order valence-electron chi connectivity index (χ4n) is 3.04. The first-order chi connectivity index (χ1) is 7.07. The Morgan fingerprint density at radius 2 is 1.87 bits per heavy atom. The standard InChI is InChI=1S/C13H26N2/c1-11-10-15(9-8-14-11)12-4-6-13(2,3)7-5-12/h11-12,14H,4-10H2,1-3H3. The van der Waals surface area contributed by atoms with Gasteiger partial charge in [-0.05, 0) is 38.0 Å². The van der Waals surface area contributed by atoms with Crippen LogP contribution in [0.15, 0.2) is 0 Å². The molecule has 2 fully saturated rings. The van der Waals surface area contributed by atoms with Gasteiger partial charge in [0, 0.05) is 31.7 Å². The van der Waals surface area contributed by atoms with Gasteiger partial charge in [0.2, 0.25) is 0 Å². The lowest BCUT2D eigenvalue weighted by molar-refractivity contribution is 0.0842. The van der Waals surface area contributed by atoms with Crippen molar-refractivity contribution in [2.24, 2.45) is 5.41 Å². The molecule has 0 spiro atoms. The molecule has 0 radical (unpaired) electrons. The molecule has 15 heavy (non-hydrogen) atoms. The van der Waals surface area contributed by atoms with Crippen molar-refractivity contribution in [3.63, 3.8) is 0 Å². The molecule has 1 aliphatic heterocycles. The van der Waals surface area contributed by atoms with Gasteiger partial charge in [-0.1, -0.05) is 13.8 Å². The van der Waals surface area contributed by atoms with Crippen LogP contribution in [0.4, 0.5) is 0 Å². The molecular formula is C13H26N2. The van der Waals surface area contributed by atoms with Crippen LogP contribution in [-0.2, 0) is 0 Å². The van der Waals surface area contributed by atoms with E-state index in [2.05, 4.69) is 31.0 Å². The van der Waals surface area contributed by atoms with Crippen molar-refractivity contribution in [3.8, 4) is 0 Å². The van der Waals surface area contributed by atoms with Crippen molar-refractivity contribution in [3.05, 3.63) is 0 Å². The third kappa shape index (κ3) is 2.94. The smallest absolute Gasteiger partial charge is 0.0167 e.